The van der Waals surface area contributed by atoms with Gasteiger partial charge in [0.25, 0.3) is 0 Å². The van der Waals surface area contributed by atoms with Crippen LogP contribution in [-0.4, -0.2) is 57.2 Å². The monoisotopic (exact) mass is 347 g/mol. The third kappa shape index (κ3) is 4.36. The van der Waals surface area contributed by atoms with Crippen LogP contribution in [0, 0.1) is 5.92 Å². The highest BCUT2D eigenvalue weighted by Crippen LogP contribution is 2.26. The lowest BCUT2D eigenvalue weighted by Gasteiger charge is -2.25. The third-order valence-corrected chi connectivity index (χ3v) is 4.80. The van der Waals surface area contributed by atoms with Gasteiger partial charge in [0, 0.05) is 18.7 Å². The summed E-state index contributed by atoms with van der Waals surface area (Å²) in [7, 11) is 1.92. The lowest BCUT2D eigenvalue weighted by Crippen LogP contribution is -2.38. The SMILES string of the molecule is CN(CC(O)Cn1c(-c2ccccc2)noc1=O)CC1CCCC1O. The lowest BCUT2D eigenvalue weighted by atomic mass is 10.1. The maximum atomic E-state index is 11.9. The van der Waals surface area contributed by atoms with Crippen molar-refractivity contribution >= 4 is 0 Å². The van der Waals surface area contributed by atoms with Crippen LogP contribution in [0.3, 0.4) is 0 Å². The quantitative estimate of drug-likeness (QED) is 0.775. The number of aliphatic hydroxyl groups excluding tert-OH is 2. The van der Waals surface area contributed by atoms with E-state index in [0.29, 0.717) is 12.4 Å². The van der Waals surface area contributed by atoms with Gasteiger partial charge in [-0.1, -0.05) is 41.9 Å². The van der Waals surface area contributed by atoms with Crippen molar-refractivity contribution in [3.8, 4) is 11.4 Å². The first kappa shape index (κ1) is 17.8. The van der Waals surface area contributed by atoms with E-state index in [-0.39, 0.29) is 18.6 Å². The molecule has 0 spiro atoms. The molecule has 1 aromatic carbocycles. The van der Waals surface area contributed by atoms with Gasteiger partial charge < -0.3 is 15.1 Å². The molecule has 136 valence electrons. The van der Waals surface area contributed by atoms with Crippen LogP contribution in [-0.2, 0) is 6.54 Å². The maximum absolute atomic E-state index is 11.9. The van der Waals surface area contributed by atoms with Crippen molar-refractivity contribution in [2.24, 2.45) is 5.92 Å². The molecule has 2 N–H and O–H groups in total. The molecule has 1 aliphatic rings. The first-order valence-electron chi connectivity index (χ1n) is 8.71. The number of aromatic nitrogens is 2. The smallest absolute Gasteiger partial charge is 0.393 e. The van der Waals surface area contributed by atoms with E-state index in [0.717, 1.165) is 31.4 Å². The van der Waals surface area contributed by atoms with E-state index in [1.165, 1.54) is 4.57 Å². The summed E-state index contributed by atoms with van der Waals surface area (Å²) in [6, 6.07) is 9.28. The lowest BCUT2D eigenvalue weighted by molar-refractivity contribution is 0.0748. The molecule has 3 atom stereocenters. The largest absolute Gasteiger partial charge is 0.441 e. The Morgan fingerprint density at radius 3 is 2.80 bits per heavy atom. The van der Waals surface area contributed by atoms with E-state index >= 15 is 0 Å². The second kappa shape index (κ2) is 7.95. The highest BCUT2D eigenvalue weighted by Gasteiger charge is 2.27. The van der Waals surface area contributed by atoms with Gasteiger partial charge in [-0.3, -0.25) is 9.09 Å². The first-order valence-corrected chi connectivity index (χ1v) is 8.71. The molecular formula is C18H25N3O4. The molecule has 1 heterocycles. The average Bonchev–Trinajstić information content (AvgIpc) is 3.15. The Balaban J connectivity index is 1.62. The van der Waals surface area contributed by atoms with Crippen LogP contribution >= 0.6 is 0 Å². The normalized spacial score (nSPS) is 21.8. The number of nitrogens with zero attached hydrogens (tertiary/aromatic N) is 3. The van der Waals surface area contributed by atoms with E-state index in [4.69, 9.17) is 4.52 Å². The fourth-order valence-corrected chi connectivity index (χ4v) is 3.56. The molecule has 3 rings (SSSR count). The molecule has 3 unspecified atom stereocenters. The minimum Gasteiger partial charge on any atom is -0.393 e. The van der Waals surface area contributed by atoms with Gasteiger partial charge in [-0.15, -0.1) is 0 Å². The number of benzene rings is 1. The second-order valence-corrected chi connectivity index (χ2v) is 6.88. The van der Waals surface area contributed by atoms with Gasteiger partial charge in [0.05, 0.1) is 18.8 Å². The summed E-state index contributed by atoms with van der Waals surface area (Å²) in [5, 5.41) is 24.1. The van der Waals surface area contributed by atoms with Crippen molar-refractivity contribution in [3.05, 3.63) is 40.9 Å². The molecule has 1 saturated carbocycles. The van der Waals surface area contributed by atoms with Crippen LogP contribution in [0.5, 0.6) is 0 Å². The molecule has 0 amide bonds. The van der Waals surface area contributed by atoms with E-state index in [1.807, 2.05) is 42.3 Å². The average molecular weight is 347 g/mol. The molecule has 0 radical (unpaired) electrons. The van der Waals surface area contributed by atoms with Crippen LogP contribution < -0.4 is 5.76 Å². The summed E-state index contributed by atoms with van der Waals surface area (Å²) in [5.41, 5.74) is 0.767. The molecule has 1 aliphatic carbocycles. The zero-order valence-electron chi connectivity index (χ0n) is 14.4. The van der Waals surface area contributed by atoms with Crippen molar-refractivity contribution in [2.45, 2.75) is 38.0 Å². The highest BCUT2D eigenvalue weighted by molar-refractivity contribution is 5.54. The predicted molar refractivity (Wildman–Crippen MR) is 93.1 cm³/mol. The van der Waals surface area contributed by atoms with E-state index in [1.54, 1.807) is 0 Å². The molecular weight excluding hydrogens is 322 g/mol. The topological polar surface area (TPSA) is 91.7 Å². The molecule has 25 heavy (non-hydrogen) atoms. The number of aliphatic hydroxyl groups is 2. The molecule has 0 saturated heterocycles. The van der Waals surface area contributed by atoms with Gasteiger partial charge in [-0.25, -0.2) is 4.79 Å². The summed E-state index contributed by atoms with van der Waals surface area (Å²) in [4.78, 5) is 13.9. The van der Waals surface area contributed by atoms with Crippen LogP contribution in [0.1, 0.15) is 19.3 Å². The van der Waals surface area contributed by atoms with Gasteiger partial charge in [-0.2, -0.15) is 0 Å². The Labute approximate surface area is 146 Å². The Kier molecular flexibility index (Phi) is 5.67. The Morgan fingerprint density at radius 2 is 2.12 bits per heavy atom. The molecule has 1 aromatic heterocycles. The summed E-state index contributed by atoms with van der Waals surface area (Å²) >= 11 is 0. The van der Waals surface area contributed by atoms with Crippen LogP contribution in [0.4, 0.5) is 0 Å². The number of rotatable bonds is 7. The summed E-state index contributed by atoms with van der Waals surface area (Å²) in [5.74, 6) is 0.0979. The molecule has 7 heteroatoms. The molecule has 0 bridgehead atoms. The standard InChI is InChI=1S/C18H25N3O4/c1-20(10-14-8-5-9-16(14)23)11-15(22)12-21-17(19-25-18(21)24)13-6-3-2-4-7-13/h2-4,6-7,14-16,22-23H,5,8-12H2,1H3. The first-order chi connectivity index (χ1) is 12.0. The molecule has 2 aromatic rings. The Morgan fingerprint density at radius 1 is 1.36 bits per heavy atom. The summed E-state index contributed by atoms with van der Waals surface area (Å²) < 4.78 is 6.14. The second-order valence-electron chi connectivity index (χ2n) is 6.88. The van der Waals surface area contributed by atoms with Gasteiger partial charge >= 0.3 is 5.76 Å². The zero-order chi connectivity index (χ0) is 17.8. The van der Waals surface area contributed by atoms with Crippen molar-refractivity contribution < 1.29 is 14.7 Å². The maximum Gasteiger partial charge on any atom is 0.441 e. The van der Waals surface area contributed by atoms with Gasteiger partial charge in [-0.05, 0) is 25.8 Å². The predicted octanol–water partition coefficient (Wildman–Crippen LogP) is 0.957. The zero-order valence-corrected chi connectivity index (χ0v) is 14.4. The Bertz CT molecular complexity index is 727. The molecule has 0 aliphatic heterocycles. The van der Waals surface area contributed by atoms with Crippen LogP contribution in [0.2, 0.25) is 0 Å². The van der Waals surface area contributed by atoms with Gasteiger partial charge in [0.1, 0.15) is 0 Å². The number of hydrogen-bond acceptors (Lipinski definition) is 6. The van der Waals surface area contributed by atoms with Crippen molar-refractivity contribution in [2.75, 3.05) is 20.1 Å². The fraction of sp³-hybridized carbons (Fsp3) is 0.556. The van der Waals surface area contributed by atoms with E-state index < -0.39 is 11.9 Å². The van der Waals surface area contributed by atoms with Crippen LogP contribution in [0.25, 0.3) is 11.4 Å². The molecule has 1 fully saturated rings. The fourth-order valence-electron chi connectivity index (χ4n) is 3.56. The number of hydrogen-bond donors (Lipinski definition) is 2. The van der Waals surface area contributed by atoms with Gasteiger partial charge in [0.2, 0.25) is 0 Å². The Hall–Kier alpha value is -1.96. The van der Waals surface area contributed by atoms with Crippen LogP contribution in [0.15, 0.2) is 39.6 Å². The van der Waals surface area contributed by atoms with Gasteiger partial charge in [0.15, 0.2) is 5.82 Å². The van der Waals surface area contributed by atoms with E-state index in [2.05, 4.69) is 5.16 Å². The minimum atomic E-state index is -0.733. The third-order valence-electron chi connectivity index (χ3n) is 4.80. The van der Waals surface area contributed by atoms with Crippen molar-refractivity contribution in [1.29, 1.82) is 0 Å². The summed E-state index contributed by atoms with van der Waals surface area (Å²) in [6.07, 6.45) is 1.95. The minimum absolute atomic E-state index is 0.115. The highest BCUT2D eigenvalue weighted by atomic mass is 16.5. The summed E-state index contributed by atoms with van der Waals surface area (Å²) in [6.45, 7) is 1.27. The van der Waals surface area contributed by atoms with Crippen molar-refractivity contribution in [1.82, 2.24) is 14.6 Å². The van der Waals surface area contributed by atoms with E-state index in [9.17, 15) is 15.0 Å². The molecule has 7 nitrogen and oxygen atoms in total. The van der Waals surface area contributed by atoms with Crippen molar-refractivity contribution in [3.63, 3.8) is 0 Å². The number of likely N-dealkylation sites (N-methyl/N-ethyl adjacent to an activating group) is 1.